The smallest absolute Gasteiger partial charge is 0.0921 e. The van der Waals surface area contributed by atoms with Crippen LogP contribution in [-0.4, -0.2) is 12.2 Å². The molecule has 1 heteroatoms. The molecule has 82 valence electrons. The number of hydrogen-bond acceptors (Lipinski definition) is 1. The Morgan fingerprint density at radius 1 is 1.21 bits per heavy atom. The minimum atomic E-state index is 0.308. The normalized spacial score (nSPS) is 33.4. The van der Waals surface area contributed by atoms with Gasteiger partial charge in [-0.15, -0.1) is 0 Å². The van der Waals surface area contributed by atoms with Crippen LogP contribution in [0, 0.1) is 17.8 Å². The van der Waals surface area contributed by atoms with Crippen LogP contribution < -0.4 is 0 Å². The molecule has 1 aliphatic carbocycles. The van der Waals surface area contributed by atoms with Crippen LogP contribution in [0.1, 0.15) is 52.9 Å². The van der Waals surface area contributed by atoms with Crippen LogP contribution in [0.15, 0.2) is 0 Å². The van der Waals surface area contributed by atoms with Gasteiger partial charge in [-0.25, -0.2) is 0 Å². The first-order valence-corrected chi connectivity index (χ1v) is 6.24. The van der Waals surface area contributed by atoms with E-state index < -0.39 is 0 Å². The molecule has 2 rings (SSSR count). The summed E-state index contributed by atoms with van der Waals surface area (Å²) in [4.78, 5) is 0. The maximum Gasteiger partial charge on any atom is 0.0921 e. The Balaban J connectivity index is 1.71. The maximum absolute atomic E-state index is 5.68. The van der Waals surface area contributed by atoms with Crippen LogP contribution in [0.5, 0.6) is 0 Å². The summed E-state index contributed by atoms with van der Waals surface area (Å²) < 4.78 is 5.68. The lowest BCUT2D eigenvalue weighted by atomic mass is 9.87. The summed E-state index contributed by atoms with van der Waals surface area (Å²) in [6.45, 7) is 8.03. The van der Waals surface area contributed by atoms with E-state index in [1.54, 1.807) is 0 Å². The summed E-state index contributed by atoms with van der Waals surface area (Å²) in [5, 5.41) is 0. The van der Waals surface area contributed by atoms with Crippen LogP contribution in [0.25, 0.3) is 0 Å². The van der Waals surface area contributed by atoms with E-state index in [9.17, 15) is 0 Å². The zero-order valence-corrected chi connectivity index (χ0v) is 9.88. The summed E-state index contributed by atoms with van der Waals surface area (Å²) in [6.07, 6.45) is 7.00. The third-order valence-electron chi connectivity index (χ3n) is 3.49. The van der Waals surface area contributed by atoms with Crippen molar-refractivity contribution in [2.24, 2.45) is 17.8 Å². The highest BCUT2D eigenvalue weighted by molar-refractivity contribution is 4.94. The quantitative estimate of drug-likeness (QED) is 0.591. The number of rotatable bonds is 6. The fourth-order valence-corrected chi connectivity index (χ4v) is 2.81. The number of epoxide rings is 1. The highest BCUT2D eigenvalue weighted by Crippen LogP contribution is 2.43. The molecule has 14 heavy (non-hydrogen) atoms. The SMILES string of the molecule is CC(C)CC1(CC(C)CC2CC2)CO1. The van der Waals surface area contributed by atoms with Crippen molar-refractivity contribution in [3.8, 4) is 0 Å². The molecular weight excluding hydrogens is 172 g/mol. The van der Waals surface area contributed by atoms with Gasteiger partial charge in [0.2, 0.25) is 0 Å². The van der Waals surface area contributed by atoms with Crippen molar-refractivity contribution < 1.29 is 4.74 Å². The van der Waals surface area contributed by atoms with Gasteiger partial charge in [0.05, 0.1) is 12.2 Å². The van der Waals surface area contributed by atoms with Gasteiger partial charge in [-0.05, 0) is 37.0 Å². The van der Waals surface area contributed by atoms with Crippen LogP contribution in [0.2, 0.25) is 0 Å². The molecular formula is C13H24O. The van der Waals surface area contributed by atoms with Crippen LogP contribution in [0.4, 0.5) is 0 Å². The molecule has 0 spiro atoms. The van der Waals surface area contributed by atoms with E-state index in [0.29, 0.717) is 5.60 Å². The van der Waals surface area contributed by atoms with Crippen molar-refractivity contribution in [3.05, 3.63) is 0 Å². The monoisotopic (exact) mass is 196 g/mol. The lowest BCUT2D eigenvalue weighted by Gasteiger charge is -2.18. The average Bonchev–Trinajstić information content (AvgIpc) is 2.88. The summed E-state index contributed by atoms with van der Waals surface area (Å²) in [5.74, 6) is 2.73. The van der Waals surface area contributed by atoms with E-state index in [0.717, 1.165) is 24.4 Å². The molecule has 0 bridgehead atoms. The first-order chi connectivity index (χ1) is 6.60. The Kier molecular flexibility index (Phi) is 2.88. The van der Waals surface area contributed by atoms with E-state index >= 15 is 0 Å². The van der Waals surface area contributed by atoms with E-state index in [2.05, 4.69) is 20.8 Å². The molecule has 1 nitrogen and oxygen atoms in total. The fraction of sp³-hybridized carbons (Fsp3) is 1.00. The molecule has 1 aliphatic heterocycles. The van der Waals surface area contributed by atoms with Gasteiger partial charge >= 0.3 is 0 Å². The molecule has 2 aliphatic rings. The van der Waals surface area contributed by atoms with Crippen molar-refractivity contribution in [1.29, 1.82) is 0 Å². The van der Waals surface area contributed by atoms with Gasteiger partial charge < -0.3 is 4.74 Å². The summed E-state index contributed by atoms with van der Waals surface area (Å²) in [7, 11) is 0. The van der Waals surface area contributed by atoms with Crippen LogP contribution >= 0.6 is 0 Å². The molecule has 0 aromatic carbocycles. The molecule has 2 unspecified atom stereocenters. The Labute approximate surface area is 88.2 Å². The van der Waals surface area contributed by atoms with Gasteiger partial charge in [0.25, 0.3) is 0 Å². The van der Waals surface area contributed by atoms with Crippen LogP contribution in [0.3, 0.4) is 0 Å². The van der Waals surface area contributed by atoms with E-state index in [1.807, 2.05) is 0 Å². The minimum Gasteiger partial charge on any atom is -0.370 e. The van der Waals surface area contributed by atoms with E-state index in [-0.39, 0.29) is 0 Å². The molecule has 2 fully saturated rings. The molecule has 1 saturated heterocycles. The van der Waals surface area contributed by atoms with Crippen molar-refractivity contribution in [2.75, 3.05) is 6.61 Å². The Morgan fingerprint density at radius 2 is 1.86 bits per heavy atom. The van der Waals surface area contributed by atoms with Gasteiger partial charge in [0, 0.05) is 0 Å². The number of ether oxygens (including phenoxy) is 1. The first kappa shape index (κ1) is 10.5. The van der Waals surface area contributed by atoms with Gasteiger partial charge in [-0.2, -0.15) is 0 Å². The molecule has 0 radical (unpaired) electrons. The zero-order valence-electron chi connectivity index (χ0n) is 9.88. The number of hydrogen-bond donors (Lipinski definition) is 0. The lowest BCUT2D eigenvalue weighted by Crippen LogP contribution is -2.18. The third kappa shape index (κ3) is 2.98. The molecule has 0 N–H and O–H groups in total. The summed E-state index contributed by atoms with van der Waals surface area (Å²) in [5.41, 5.74) is 0.308. The lowest BCUT2D eigenvalue weighted by molar-refractivity contribution is 0.218. The topological polar surface area (TPSA) is 12.5 Å². The molecule has 0 aromatic heterocycles. The van der Waals surface area contributed by atoms with Gasteiger partial charge in [-0.1, -0.05) is 33.6 Å². The minimum absolute atomic E-state index is 0.308. The average molecular weight is 196 g/mol. The molecule has 0 aromatic rings. The van der Waals surface area contributed by atoms with Gasteiger partial charge in [0.1, 0.15) is 0 Å². The van der Waals surface area contributed by atoms with Crippen molar-refractivity contribution in [3.63, 3.8) is 0 Å². The molecule has 0 amide bonds. The molecule has 1 saturated carbocycles. The van der Waals surface area contributed by atoms with E-state index in [4.69, 9.17) is 4.74 Å². The van der Waals surface area contributed by atoms with E-state index in [1.165, 1.54) is 32.1 Å². The van der Waals surface area contributed by atoms with Crippen molar-refractivity contribution in [2.45, 2.75) is 58.5 Å². The third-order valence-corrected chi connectivity index (χ3v) is 3.49. The highest BCUT2D eigenvalue weighted by atomic mass is 16.6. The Morgan fingerprint density at radius 3 is 2.29 bits per heavy atom. The second-order valence-electron chi connectivity index (χ2n) is 6.06. The standard InChI is InChI=1S/C13H24O/c1-10(2)7-13(9-14-13)8-11(3)6-12-4-5-12/h10-12H,4-9H2,1-3H3. The second-order valence-corrected chi connectivity index (χ2v) is 6.06. The maximum atomic E-state index is 5.68. The first-order valence-electron chi connectivity index (χ1n) is 6.24. The second kappa shape index (κ2) is 3.84. The van der Waals surface area contributed by atoms with Crippen molar-refractivity contribution >= 4 is 0 Å². The van der Waals surface area contributed by atoms with Gasteiger partial charge in [-0.3, -0.25) is 0 Å². The Bertz CT molecular complexity index is 189. The molecule has 1 heterocycles. The predicted molar refractivity (Wildman–Crippen MR) is 59.3 cm³/mol. The predicted octanol–water partition coefficient (Wildman–Crippen LogP) is 3.63. The van der Waals surface area contributed by atoms with Gasteiger partial charge in [0.15, 0.2) is 0 Å². The van der Waals surface area contributed by atoms with Crippen molar-refractivity contribution in [1.82, 2.24) is 0 Å². The summed E-state index contributed by atoms with van der Waals surface area (Å²) >= 11 is 0. The Hall–Kier alpha value is -0.0400. The zero-order chi connectivity index (χ0) is 10.2. The van der Waals surface area contributed by atoms with Crippen LogP contribution in [-0.2, 0) is 4.74 Å². The largest absolute Gasteiger partial charge is 0.370 e. The summed E-state index contributed by atoms with van der Waals surface area (Å²) in [6, 6.07) is 0. The molecule has 2 atom stereocenters. The highest BCUT2D eigenvalue weighted by Gasteiger charge is 2.45. The fourth-order valence-electron chi connectivity index (χ4n) is 2.81.